The molecule has 5 heteroatoms. The van der Waals surface area contributed by atoms with Crippen LogP contribution in [0.3, 0.4) is 0 Å². The van der Waals surface area contributed by atoms with Crippen LogP contribution in [0.5, 0.6) is 0 Å². The summed E-state index contributed by atoms with van der Waals surface area (Å²) in [5.74, 6) is 0.674. The Balaban J connectivity index is 2.20. The number of rotatable bonds is 6. The second-order valence-corrected chi connectivity index (χ2v) is 5.28. The van der Waals surface area contributed by atoms with Gasteiger partial charge in [0.2, 0.25) is 0 Å². The molecular weight excluding hydrogens is 257 g/mol. The number of hydrogen-bond acceptors (Lipinski definition) is 3. The van der Waals surface area contributed by atoms with Gasteiger partial charge in [-0.15, -0.1) is 0 Å². The number of nitrogens with zero attached hydrogens (tertiary/aromatic N) is 3. The lowest BCUT2D eigenvalue weighted by Gasteiger charge is -2.17. The Kier molecular flexibility index (Phi) is 4.73. The maximum atomic E-state index is 13.3. The van der Waals surface area contributed by atoms with Crippen LogP contribution < -0.4 is 0 Å². The van der Waals surface area contributed by atoms with Gasteiger partial charge >= 0.3 is 0 Å². The third kappa shape index (κ3) is 3.35. The molecule has 0 aliphatic rings. The number of benzene rings is 1. The Morgan fingerprint density at radius 1 is 1.45 bits per heavy atom. The van der Waals surface area contributed by atoms with E-state index in [1.165, 1.54) is 12.1 Å². The molecule has 0 aliphatic heterocycles. The Morgan fingerprint density at radius 3 is 2.85 bits per heavy atom. The number of aryl methyl sites for hydroxylation is 1. The number of aliphatic hydroxyl groups excluding tert-OH is 1. The van der Waals surface area contributed by atoms with Crippen molar-refractivity contribution < 1.29 is 9.50 Å². The van der Waals surface area contributed by atoms with Crippen molar-refractivity contribution in [2.75, 3.05) is 13.6 Å². The van der Waals surface area contributed by atoms with Gasteiger partial charge in [-0.1, -0.05) is 0 Å². The normalized spacial score (nSPS) is 13.3. The summed E-state index contributed by atoms with van der Waals surface area (Å²) in [6.07, 6.45) is 0.439. The van der Waals surface area contributed by atoms with Crippen molar-refractivity contribution >= 4 is 11.0 Å². The van der Waals surface area contributed by atoms with Crippen molar-refractivity contribution in [3.05, 3.63) is 29.8 Å². The van der Waals surface area contributed by atoms with E-state index in [-0.39, 0.29) is 11.9 Å². The summed E-state index contributed by atoms with van der Waals surface area (Å²) >= 11 is 0. The monoisotopic (exact) mass is 279 g/mol. The van der Waals surface area contributed by atoms with Crippen molar-refractivity contribution in [3.63, 3.8) is 0 Å². The summed E-state index contributed by atoms with van der Waals surface area (Å²) in [6, 6.07) is 4.72. The molecule has 2 aromatic rings. The Labute approximate surface area is 118 Å². The predicted molar refractivity (Wildman–Crippen MR) is 78.0 cm³/mol. The van der Waals surface area contributed by atoms with Crippen molar-refractivity contribution in [3.8, 4) is 0 Å². The van der Waals surface area contributed by atoms with E-state index in [1.54, 1.807) is 13.0 Å². The van der Waals surface area contributed by atoms with Crippen LogP contribution in [-0.4, -0.2) is 39.3 Å². The zero-order valence-electron chi connectivity index (χ0n) is 12.3. The Hall–Kier alpha value is -1.46. The van der Waals surface area contributed by atoms with Gasteiger partial charge in [0, 0.05) is 19.2 Å². The first-order valence-corrected chi connectivity index (χ1v) is 7.02. The molecule has 0 bridgehead atoms. The van der Waals surface area contributed by atoms with E-state index in [9.17, 15) is 9.50 Å². The van der Waals surface area contributed by atoms with E-state index in [1.807, 2.05) is 7.05 Å². The molecule has 1 aromatic carbocycles. The third-order valence-corrected chi connectivity index (χ3v) is 3.45. The predicted octanol–water partition coefficient (Wildman–Crippen LogP) is 2.40. The fraction of sp³-hybridized carbons (Fsp3) is 0.533. The molecular formula is C15H22FN3O. The van der Waals surface area contributed by atoms with Crippen LogP contribution in [-0.2, 0) is 13.1 Å². The van der Waals surface area contributed by atoms with E-state index >= 15 is 0 Å². The summed E-state index contributed by atoms with van der Waals surface area (Å²) < 4.78 is 15.4. The van der Waals surface area contributed by atoms with E-state index in [4.69, 9.17) is 0 Å². The highest BCUT2D eigenvalue weighted by molar-refractivity contribution is 5.76. The van der Waals surface area contributed by atoms with Crippen molar-refractivity contribution in [1.82, 2.24) is 14.5 Å². The lowest BCUT2D eigenvalue weighted by Crippen LogP contribution is -2.24. The fourth-order valence-corrected chi connectivity index (χ4v) is 2.35. The van der Waals surface area contributed by atoms with Gasteiger partial charge in [0.1, 0.15) is 11.6 Å². The quantitative estimate of drug-likeness (QED) is 0.883. The van der Waals surface area contributed by atoms with Crippen LogP contribution in [0.2, 0.25) is 0 Å². The summed E-state index contributed by atoms with van der Waals surface area (Å²) in [7, 11) is 2.00. The summed E-state index contributed by atoms with van der Waals surface area (Å²) in [4.78, 5) is 6.65. The molecule has 20 heavy (non-hydrogen) atoms. The molecule has 1 aromatic heterocycles. The second-order valence-electron chi connectivity index (χ2n) is 5.28. The van der Waals surface area contributed by atoms with Gasteiger partial charge in [-0.2, -0.15) is 0 Å². The molecule has 0 saturated carbocycles. The average molecular weight is 279 g/mol. The number of fused-ring (bicyclic) bond motifs is 1. The molecule has 0 spiro atoms. The van der Waals surface area contributed by atoms with Gasteiger partial charge in [-0.05, 0) is 39.4 Å². The van der Waals surface area contributed by atoms with E-state index in [0.717, 1.165) is 30.9 Å². The van der Waals surface area contributed by atoms with E-state index < -0.39 is 0 Å². The fourth-order valence-electron chi connectivity index (χ4n) is 2.35. The smallest absolute Gasteiger partial charge is 0.125 e. The molecule has 2 rings (SSSR count). The largest absolute Gasteiger partial charge is 0.393 e. The van der Waals surface area contributed by atoms with Crippen LogP contribution in [0, 0.1) is 5.82 Å². The molecule has 1 N–H and O–H groups in total. The van der Waals surface area contributed by atoms with Crippen molar-refractivity contribution in [2.45, 2.75) is 39.5 Å². The Morgan fingerprint density at radius 2 is 2.20 bits per heavy atom. The van der Waals surface area contributed by atoms with Crippen LogP contribution in [0.4, 0.5) is 4.39 Å². The molecule has 0 amide bonds. The minimum absolute atomic E-state index is 0.257. The van der Waals surface area contributed by atoms with Crippen molar-refractivity contribution in [2.24, 2.45) is 0 Å². The third-order valence-electron chi connectivity index (χ3n) is 3.45. The van der Waals surface area contributed by atoms with Gasteiger partial charge in [0.25, 0.3) is 0 Å². The lowest BCUT2D eigenvalue weighted by molar-refractivity contribution is 0.161. The van der Waals surface area contributed by atoms with Gasteiger partial charge in [0.15, 0.2) is 0 Å². The maximum absolute atomic E-state index is 13.3. The summed E-state index contributed by atoms with van der Waals surface area (Å²) in [6.45, 7) is 6.15. The number of hydrogen-bond donors (Lipinski definition) is 1. The minimum Gasteiger partial charge on any atom is -0.393 e. The molecule has 0 saturated heterocycles. The first kappa shape index (κ1) is 14.9. The molecule has 0 fully saturated rings. The van der Waals surface area contributed by atoms with Crippen LogP contribution in [0.1, 0.15) is 26.1 Å². The molecule has 4 nitrogen and oxygen atoms in total. The zero-order valence-corrected chi connectivity index (χ0v) is 12.3. The number of aliphatic hydroxyl groups is 1. The zero-order chi connectivity index (χ0) is 14.7. The Bertz CT molecular complexity index is 580. The highest BCUT2D eigenvalue weighted by Crippen LogP contribution is 2.18. The van der Waals surface area contributed by atoms with Crippen LogP contribution >= 0.6 is 0 Å². The van der Waals surface area contributed by atoms with Gasteiger partial charge in [-0.25, -0.2) is 9.37 Å². The highest BCUT2D eigenvalue weighted by Gasteiger charge is 2.12. The van der Waals surface area contributed by atoms with Crippen LogP contribution in [0.25, 0.3) is 11.0 Å². The number of aromatic nitrogens is 2. The molecule has 0 aliphatic carbocycles. The first-order valence-electron chi connectivity index (χ1n) is 7.02. The summed E-state index contributed by atoms with van der Waals surface area (Å²) in [5, 5.41) is 9.32. The average Bonchev–Trinajstić information content (AvgIpc) is 2.72. The molecule has 1 atom stereocenters. The van der Waals surface area contributed by atoms with Gasteiger partial charge in [-0.3, -0.25) is 4.90 Å². The van der Waals surface area contributed by atoms with Crippen LogP contribution in [0.15, 0.2) is 18.2 Å². The second kappa shape index (κ2) is 6.33. The molecule has 1 heterocycles. The standard InChI is InChI=1S/C15H22FN3O/c1-4-19-14-6-5-12(16)9-13(14)17-15(19)10-18(3)8-7-11(2)20/h5-6,9,11,20H,4,7-8,10H2,1-3H3. The maximum Gasteiger partial charge on any atom is 0.125 e. The van der Waals surface area contributed by atoms with E-state index in [2.05, 4.69) is 21.4 Å². The lowest BCUT2D eigenvalue weighted by atomic mass is 10.3. The molecule has 1 unspecified atom stereocenters. The van der Waals surface area contributed by atoms with Gasteiger partial charge < -0.3 is 9.67 Å². The van der Waals surface area contributed by atoms with Gasteiger partial charge in [0.05, 0.1) is 23.7 Å². The molecule has 110 valence electrons. The number of halogens is 1. The van der Waals surface area contributed by atoms with E-state index in [0.29, 0.717) is 12.1 Å². The highest BCUT2D eigenvalue weighted by atomic mass is 19.1. The number of imidazole rings is 1. The van der Waals surface area contributed by atoms with Crippen molar-refractivity contribution in [1.29, 1.82) is 0 Å². The topological polar surface area (TPSA) is 41.3 Å². The SMILES string of the molecule is CCn1c(CN(C)CCC(C)O)nc2cc(F)ccc21. The minimum atomic E-state index is -0.295. The first-order chi connectivity index (χ1) is 9.51. The summed E-state index contributed by atoms with van der Waals surface area (Å²) in [5.41, 5.74) is 1.67. The molecule has 0 radical (unpaired) electrons.